The molecule has 2 atom stereocenters. The molecule has 0 amide bonds. The van der Waals surface area contributed by atoms with E-state index in [1.165, 1.54) is 18.5 Å². The molecule has 0 aromatic rings. The van der Waals surface area contributed by atoms with Crippen LogP contribution in [0, 0.1) is 5.92 Å². The summed E-state index contributed by atoms with van der Waals surface area (Å²) in [4.78, 5) is 0. The summed E-state index contributed by atoms with van der Waals surface area (Å²) in [5.41, 5.74) is 1.21. The highest BCUT2D eigenvalue weighted by atomic mass is 16.5. The van der Waals surface area contributed by atoms with Crippen molar-refractivity contribution in [1.29, 1.82) is 0 Å². The lowest BCUT2D eigenvalue weighted by Gasteiger charge is -2.27. The summed E-state index contributed by atoms with van der Waals surface area (Å²) in [7, 11) is 0. The van der Waals surface area contributed by atoms with Crippen LogP contribution >= 0.6 is 0 Å². The van der Waals surface area contributed by atoms with Crippen LogP contribution in [0.1, 0.15) is 40.0 Å². The molecule has 0 radical (unpaired) electrons. The average molecular weight is 250 g/mol. The van der Waals surface area contributed by atoms with Gasteiger partial charge in [-0.1, -0.05) is 6.92 Å². The van der Waals surface area contributed by atoms with Crippen LogP contribution < -0.4 is 10.6 Å². The van der Waals surface area contributed by atoms with Gasteiger partial charge in [0.25, 0.3) is 0 Å². The second kappa shape index (κ2) is 6.28. The van der Waals surface area contributed by atoms with Gasteiger partial charge in [0, 0.05) is 5.70 Å². The van der Waals surface area contributed by atoms with E-state index >= 15 is 0 Å². The molecule has 102 valence electrons. The van der Waals surface area contributed by atoms with Crippen molar-refractivity contribution in [2.75, 3.05) is 13.1 Å². The molecule has 2 rings (SSSR count). The largest absolute Gasteiger partial charge is 0.492 e. The van der Waals surface area contributed by atoms with Gasteiger partial charge in [0.15, 0.2) is 0 Å². The summed E-state index contributed by atoms with van der Waals surface area (Å²) in [6.45, 7) is 8.50. The molecule has 1 fully saturated rings. The number of dihydropyridines is 1. The molecular weight excluding hydrogens is 224 g/mol. The number of rotatable bonds is 7. The highest BCUT2D eigenvalue weighted by Gasteiger charge is 2.33. The van der Waals surface area contributed by atoms with Gasteiger partial charge in [-0.2, -0.15) is 0 Å². The number of allylic oxidation sites excluding steroid dienone is 3. The molecule has 2 unspecified atom stereocenters. The predicted molar refractivity (Wildman–Crippen MR) is 75.2 cm³/mol. The van der Waals surface area contributed by atoms with Crippen LogP contribution in [-0.2, 0) is 4.74 Å². The molecule has 0 aromatic carbocycles. The smallest absolute Gasteiger partial charge is 0.118 e. The molecule has 0 bridgehead atoms. The number of nitrogens with one attached hydrogen (secondary N) is 2. The van der Waals surface area contributed by atoms with E-state index in [-0.39, 0.29) is 0 Å². The van der Waals surface area contributed by atoms with E-state index < -0.39 is 0 Å². The molecule has 1 saturated carbocycles. The molecule has 1 aliphatic heterocycles. The van der Waals surface area contributed by atoms with Crippen molar-refractivity contribution in [3.05, 3.63) is 23.6 Å². The summed E-state index contributed by atoms with van der Waals surface area (Å²) in [5, 5.41) is 6.80. The molecule has 0 spiro atoms. The van der Waals surface area contributed by atoms with Gasteiger partial charge in [-0.05, 0) is 64.3 Å². The van der Waals surface area contributed by atoms with Crippen molar-refractivity contribution in [2.45, 2.75) is 52.2 Å². The van der Waals surface area contributed by atoms with Gasteiger partial charge in [0.05, 0.1) is 6.04 Å². The quantitative estimate of drug-likeness (QED) is 0.681. The van der Waals surface area contributed by atoms with Crippen molar-refractivity contribution >= 4 is 0 Å². The highest BCUT2D eigenvalue weighted by Crippen LogP contribution is 2.37. The molecule has 3 heteroatoms. The first kappa shape index (κ1) is 13.5. The Bertz CT molecular complexity index is 331. The lowest BCUT2D eigenvalue weighted by Crippen LogP contribution is -2.33. The first-order valence-electron chi connectivity index (χ1n) is 7.23. The summed E-state index contributed by atoms with van der Waals surface area (Å²) < 4.78 is 6.24. The Morgan fingerprint density at radius 1 is 1.44 bits per heavy atom. The fourth-order valence-electron chi connectivity index (χ4n) is 2.41. The van der Waals surface area contributed by atoms with Gasteiger partial charge in [0.2, 0.25) is 0 Å². The zero-order chi connectivity index (χ0) is 13.0. The van der Waals surface area contributed by atoms with Crippen molar-refractivity contribution in [1.82, 2.24) is 10.6 Å². The van der Waals surface area contributed by atoms with Crippen LogP contribution in [0.25, 0.3) is 0 Å². The Kier molecular flexibility index (Phi) is 4.70. The van der Waals surface area contributed by atoms with Gasteiger partial charge < -0.3 is 15.4 Å². The lowest BCUT2D eigenvalue weighted by molar-refractivity contribution is 0.0769. The van der Waals surface area contributed by atoms with Gasteiger partial charge >= 0.3 is 0 Å². The summed E-state index contributed by atoms with van der Waals surface area (Å²) in [5.74, 6) is 1.87. The number of hydrogen-bond donors (Lipinski definition) is 2. The Morgan fingerprint density at radius 3 is 2.83 bits per heavy atom. The zero-order valence-corrected chi connectivity index (χ0v) is 11.8. The minimum Gasteiger partial charge on any atom is -0.492 e. The van der Waals surface area contributed by atoms with Crippen LogP contribution in [0.4, 0.5) is 0 Å². The van der Waals surface area contributed by atoms with Gasteiger partial charge in [-0.25, -0.2) is 0 Å². The van der Waals surface area contributed by atoms with E-state index in [1.54, 1.807) is 0 Å². The SMILES string of the molecule is CCNCCC(OC1=CC=C(C)NC1C)C1CC1. The van der Waals surface area contributed by atoms with E-state index in [9.17, 15) is 0 Å². The van der Waals surface area contributed by atoms with E-state index in [0.717, 1.165) is 31.2 Å². The van der Waals surface area contributed by atoms with Gasteiger partial charge in [0.1, 0.15) is 11.9 Å². The van der Waals surface area contributed by atoms with Crippen LogP contribution in [0.2, 0.25) is 0 Å². The van der Waals surface area contributed by atoms with Crippen molar-refractivity contribution in [3.63, 3.8) is 0 Å². The van der Waals surface area contributed by atoms with Crippen LogP contribution in [0.5, 0.6) is 0 Å². The molecule has 0 saturated heterocycles. The average Bonchev–Trinajstić information content (AvgIpc) is 3.15. The topological polar surface area (TPSA) is 33.3 Å². The monoisotopic (exact) mass is 250 g/mol. The predicted octanol–water partition coefficient (Wildman–Crippen LogP) is 2.56. The van der Waals surface area contributed by atoms with E-state index in [0.29, 0.717) is 12.1 Å². The third kappa shape index (κ3) is 3.77. The van der Waals surface area contributed by atoms with Crippen LogP contribution in [-0.4, -0.2) is 25.2 Å². The Morgan fingerprint density at radius 2 is 2.22 bits per heavy atom. The van der Waals surface area contributed by atoms with Crippen LogP contribution in [0.15, 0.2) is 23.6 Å². The summed E-state index contributed by atoms with van der Waals surface area (Å²) >= 11 is 0. The Balaban J connectivity index is 1.88. The standard InChI is InChI=1S/C15H26N2O/c1-4-16-10-9-15(13-6-7-13)18-14-8-5-11(2)17-12(14)3/h5,8,12-13,15-17H,4,6-7,9-10H2,1-3H3. The maximum absolute atomic E-state index is 6.24. The van der Waals surface area contributed by atoms with Gasteiger partial charge in [-0.15, -0.1) is 0 Å². The zero-order valence-electron chi connectivity index (χ0n) is 11.8. The molecular formula is C15H26N2O. The third-order valence-electron chi connectivity index (χ3n) is 3.66. The Labute approximate surface area is 111 Å². The first-order valence-corrected chi connectivity index (χ1v) is 7.23. The molecule has 1 aliphatic carbocycles. The second-order valence-electron chi connectivity index (χ2n) is 5.42. The Hall–Kier alpha value is -0.960. The minimum atomic E-state index is 0.301. The fourth-order valence-corrected chi connectivity index (χ4v) is 2.41. The number of ether oxygens (including phenoxy) is 1. The molecule has 2 N–H and O–H groups in total. The van der Waals surface area contributed by atoms with Crippen molar-refractivity contribution < 1.29 is 4.74 Å². The van der Waals surface area contributed by atoms with E-state index in [1.807, 2.05) is 0 Å². The first-order chi connectivity index (χ1) is 8.70. The normalized spacial score (nSPS) is 24.9. The van der Waals surface area contributed by atoms with Crippen molar-refractivity contribution in [2.24, 2.45) is 5.92 Å². The maximum Gasteiger partial charge on any atom is 0.118 e. The van der Waals surface area contributed by atoms with Gasteiger partial charge in [-0.3, -0.25) is 0 Å². The molecule has 2 aliphatic rings. The molecule has 1 heterocycles. The third-order valence-corrected chi connectivity index (χ3v) is 3.66. The molecule has 0 aromatic heterocycles. The number of hydrogen-bond acceptors (Lipinski definition) is 3. The van der Waals surface area contributed by atoms with Crippen LogP contribution in [0.3, 0.4) is 0 Å². The summed E-state index contributed by atoms with van der Waals surface area (Å²) in [6.07, 6.45) is 8.40. The fraction of sp³-hybridized carbons (Fsp3) is 0.733. The minimum absolute atomic E-state index is 0.301. The molecule has 18 heavy (non-hydrogen) atoms. The van der Waals surface area contributed by atoms with E-state index in [2.05, 4.69) is 43.6 Å². The maximum atomic E-state index is 6.24. The highest BCUT2D eigenvalue weighted by molar-refractivity contribution is 5.22. The molecule has 3 nitrogen and oxygen atoms in total. The van der Waals surface area contributed by atoms with Crippen molar-refractivity contribution in [3.8, 4) is 0 Å². The van der Waals surface area contributed by atoms with E-state index in [4.69, 9.17) is 4.74 Å². The second-order valence-corrected chi connectivity index (χ2v) is 5.42. The lowest BCUT2D eigenvalue weighted by atomic mass is 10.1. The summed E-state index contributed by atoms with van der Waals surface area (Å²) in [6, 6.07) is 0.301.